The van der Waals surface area contributed by atoms with Gasteiger partial charge in [-0.05, 0) is 25.1 Å². The number of nitrogens with one attached hydrogen (secondary N) is 1. The molecular weight excluding hydrogens is 228 g/mol. The number of rotatable bonds is 5. The fourth-order valence-corrected chi connectivity index (χ4v) is 1.63. The number of hydrazone groups is 1. The quantitative estimate of drug-likeness (QED) is 0.650. The first-order valence-electron chi connectivity index (χ1n) is 5.74. The van der Waals surface area contributed by atoms with Crippen LogP contribution in [0.4, 0.5) is 0 Å². The van der Waals surface area contributed by atoms with E-state index in [1.54, 1.807) is 13.4 Å². The summed E-state index contributed by atoms with van der Waals surface area (Å²) in [6.07, 6.45) is 1.63. The summed E-state index contributed by atoms with van der Waals surface area (Å²) >= 11 is 0. The summed E-state index contributed by atoms with van der Waals surface area (Å²) in [4.78, 5) is 0. The molecule has 0 radical (unpaired) electrons. The zero-order valence-corrected chi connectivity index (χ0v) is 10.5. The number of hydrogen-bond donors (Lipinski definition) is 1. The molecule has 4 nitrogen and oxygen atoms in total. The smallest absolute Gasteiger partial charge is 0.149 e. The number of furan rings is 1. The molecule has 2 aromatic rings. The lowest BCUT2D eigenvalue weighted by molar-refractivity contribution is 0.408. The second-order valence-electron chi connectivity index (χ2n) is 3.82. The summed E-state index contributed by atoms with van der Waals surface area (Å²) in [7, 11) is 1.66. The zero-order valence-electron chi connectivity index (χ0n) is 10.5. The van der Waals surface area contributed by atoms with Gasteiger partial charge in [-0.15, -0.1) is 0 Å². The van der Waals surface area contributed by atoms with E-state index < -0.39 is 0 Å². The number of benzene rings is 1. The van der Waals surface area contributed by atoms with E-state index in [1.807, 2.05) is 43.3 Å². The SMILES string of the molecule is COc1ccccc1CN/N=C(\C)c1ccco1. The van der Waals surface area contributed by atoms with Crippen LogP contribution in [0.15, 0.2) is 52.2 Å². The number of para-hydroxylation sites is 1. The van der Waals surface area contributed by atoms with Crippen molar-refractivity contribution in [3.8, 4) is 5.75 Å². The highest BCUT2D eigenvalue weighted by Crippen LogP contribution is 2.16. The number of methoxy groups -OCH3 is 1. The van der Waals surface area contributed by atoms with Gasteiger partial charge in [0.15, 0.2) is 0 Å². The fraction of sp³-hybridized carbons (Fsp3) is 0.214. The van der Waals surface area contributed by atoms with Crippen LogP contribution < -0.4 is 10.2 Å². The van der Waals surface area contributed by atoms with Gasteiger partial charge in [-0.25, -0.2) is 0 Å². The van der Waals surface area contributed by atoms with E-state index in [0.717, 1.165) is 22.8 Å². The summed E-state index contributed by atoms with van der Waals surface area (Å²) in [5.74, 6) is 1.62. The topological polar surface area (TPSA) is 46.8 Å². The molecule has 0 spiro atoms. The predicted octanol–water partition coefficient (Wildman–Crippen LogP) is 2.80. The summed E-state index contributed by atoms with van der Waals surface area (Å²) in [5, 5.41) is 4.25. The normalized spacial score (nSPS) is 11.3. The summed E-state index contributed by atoms with van der Waals surface area (Å²) in [5.41, 5.74) is 4.89. The van der Waals surface area contributed by atoms with E-state index in [9.17, 15) is 0 Å². The van der Waals surface area contributed by atoms with Gasteiger partial charge >= 0.3 is 0 Å². The van der Waals surface area contributed by atoms with Crippen LogP contribution in [0.3, 0.4) is 0 Å². The van der Waals surface area contributed by atoms with Crippen LogP contribution in [-0.4, -0.2) is 12.8 Å². The van der Waals surface area contributed by atoms with E-state index in [-0.39, 0.29) is 0 Å². The predicted molar refractivity (Wildman–Crippen MR) is 70.8 cm³/mol. The molecule has 0 fully saturated rings. The first-order valence-corrected chi connectivity index (χ1v) is 5.74. The van der Waals surface area contributed by atoms with Crippen LogP contribution >= 0.6 is 0 Å². The lowest BCUT2D eigenvalue weighted by Gasteiger charge is -2.07. The molecule has 0 aliphatic heterocycles. The molecule has 1 N–H and O–H groups in total. The molecule has 4 heteroatoms. The molecule has 0 atom stereocenters. The minimum Gasteiger partial charge on any atom is -0.496 e. The first-order chi connectivity index (χ1) is 8.81. The number of ether oxygens (including phenoxy) is 1. The Morgan fingerprint density at radius 1 is 1.28 bits per heavy atom. The van der Waals surface area contributed by atoms with Crippen LogP contribution in [-0.2, 0) is 6.54 Å². The molecule has 94 valence electrons. The molecule has 1 aromatic heterocycles. The Morgan fingerprint density at radius 2 is 2.11 bits per heavy atom. The van der Waals surface area contributed by atoms with Crippen molar-refractivity contribution >= 4 is 5.71 Å². The molecule has 1 aromatic carbocycles. The lowest BCUT2D eigenvalue weighted by atomic mass is 10.2. The number of hydrogen-bond acceptors (Lipinski definition) is 4. The van der Waals surface area contributed by atoms with Crippen molar-refractivity contribution in [3.63, 3.8) is 0 Å². The van der Waals surface area contributed by atoms with Crippen LogP contribution in [0, 0.1) is 0 Å². The van der Waals surface area contributed by atoms with Crippen molar-refractivity contribution in [2.24, 2.45) is 5.10 Å². The van der Waals surface area contributed by atoms with E-state index in [4.69, 9.17) is 9.15 Å². The molecular formula is C14H16N2O2. The maximum Gasteiger partial charge on any atom is 0.149 e. The van der Waals surface area contributed by atoms with Crippen molar-refractivity contribution in [2.75, 3.05) is 7.11 Å². The van der Waals surface area contributed by atoms with Crippen molar-refractivity contribution in [1.82, 2.24) is 5.43 Å². The maximum atomic E-state index is 5.27. The second kappa shape index (κ2) is 5.91. The van der Waals surface area contributed by atoms with Gasteiger partial charge in [0.05, 0.1) is 25.6 Å². The molecule has 0 bridgehead atoms. The minimum absolute atomic E-state index is 0.613. The maximum absolute atomic E-state index is 5.27. The average molecular weight is 244 g/mol. The van der Waals surface area contributed by atoms with Gasteiger partial charge < -0.3 is 14.6 Å². The van der Waals surface area contributed by atoms with Gasteiger partial charge in [0, 0.05) is 5.56 Å². The van der Waals surface area contributed by atoms with E-state index in [1.165, 1.54) is 0 Å². The Labute approximate surface area is 106 Å². The monoisotopic (exact) mass is 244 g/mol. The highest BCUT2D eigenvalue weighted by Gasteiger charge is 2.01. The minimum atomic E-state index is 0.613. The standard InChI is InChI=1S/C14H16N2O2/c1-11(13-8-5-9-18-13)16-15-10-12-6-3-4-7-14(12)17-2/h3-9,15H,10H2,1-2H3/b16-11+. The highest BCUT2D eigenvalue weighted by molar-refractivity contribution is 5.95. The lowest BCUT2D eigenvalue weighted by Crippen LogP contribution is -2.09. The zero-order chi connectivity index (χ0) is 12.8. The van der Waals surface area contributed by atoms with Crippen LogP contribution in [0.1, 0.15) is 18.2 Å². The van der Waals surface area contributed by atoms with E-state index >= 15 is 0 Å². The van der Waals surface area contributed by atoms with Gasteiger partial charge in [-0.1, -0.05) is 18.2 Å². The third kappa shape index (κ3) is 2.91. The van der Waals surface area contributed by atoms with Gasteiger partial charge in [0.1, 0.15) is 11.5 Å². The molecule has 18 heavy (non-hydrogen) atoms. The van der Waals surface area contributed by atoms with Gasteiger partial charge in [-0.2, -0.15) is 5.10 Å². The van der Waals surface area contributed by atoms with Crippen molar-refractivity contribution in [1.29, 1.82) is 0 Å². The molecule has 0 saturated heterocycles. The molecule has 0 aliphatic carbocycles. The Kier molecular flexibility index (Phi) is 4.02. The molecule has 1 heterocycles. The Hall–Kier alpha value is -2.23. The molecule has 0 aliphatic rings. The Morgan fingerprint density at radius 3 is 2.83 bits per heavy atom. The fourth-order valence-electron chi connectivity index (χ4n) is 1.63. The van der Waals surface area contributed by atoms with Gasteiger partial charge in [0.25, 0.3) is 0 Å². The third-order valence-corrected chi connectivity index (χ3v) is 2.59. The summed E-state index contributed by atoms with van der Waals surface area (Å²) < 4.78 is 10.5. The third-order valence-electron chi connectivity index (χ3n) is 2.59. The largest absolute Gasteiger partial charge is 0.496 e. The molecule has 0 amide bonds. The van der Waals surface area contributed by atoms with Crippen LogP contribution in [0.2, 0.25) is 0 Å². The van der Waals surface area contributed by atoms with Crippen molar-refractivity contribution in [3.05, 3.63) is 54.0 Å². The molecule has 0 saturated carbocycles. The Bertz CT molecular complexity index is 518. The van der Waals surface area contributed by atoms with Gasteiger partial charge in [-0.3, -0.25) is 0 Å². The first kappa shape index (κ1) is 12.2. The Balaban J connectivity index is 1.98. The van der Waals surface area contributed by atoms with Crippen LogP contribution in [0.5, 0.6) is 5.75 Å². The average Bonchev–Trinajstić information content (AvgIpc) is 2.93. The molecule has 2 rings (SSSR count). The molecule has 0 unspecified atom stereocenters. The summed E-state index contributed by atoms with van der Waals surface area (Å²) in [6.45, 7) is 2.51. The van der Waals surface area contributed by atoms with Crippen molar-refractivity contribution < 1.29 is 9.15 Å². The number of nitrogens with zero attached hydrogens (tertiary/aromatic N) is 1. The van der Waals surface area contributed by atoms with E-state index in [2.05, 4.69) is 10.5 Å². The summed E-state index contributed by atoms with van der Waals surface area (Å²) in [6, 6.07) is 11.6. The van der Waals surface area contributed by atoms with Gasteiger partial charge in [0.2, 0.25) is 0 Å². The second-order valence-corrected chi connectivity index (χ2v) is 3.82. The van der Waals surface area contributed by atoms with Crippen LogP contribution in [0.25, 0.3) is 0 Å². The van der Waals surface area contributed by atoms with E-state index in [0.29, 0.717) is 6.54 Å². The van der Waals surface area contributed by atoms with Crippen molar-refractivity contribution in [2.45, 2.75) is 13.5 Å². The highest BCUT2D eigenvalue weighted by atomic mass is 16.5.